The zero-order valence-electron chi connectivity index (χ0n) is 15.8. The van der Waals surface area contributed by atoms with Gasteiger partial charge in [0.1, 0.15) is 17.7 Å². The maximum Gasteiger partial charge on any atom is 0.331 e. The third-order valence-corrected chi connectivity index (χ3v) is 5.84. The standard InChI is InChI=1S/C21H22N4O3/c1-13(19(26)23-17-9-4-7-14-6-2-3-8-15(14)17)25-20(27)16(12-22)18-10-5-11-24(18)21(25)28/h2-3,6,8,13,17H,4-5,7,9-11H2,1H3,(H,23,26). The van der Waals surface area contributed by atoms with Crippen LogP contribution in [0.4, 0.5) is 0 Å². The maximum atomic E-state index is 12.9. The fraction of sp³-hybridized carbons (Fsp3) is 0.429. The number of carbonyl (C=O) groups excluding carboxylic acids is 1. The Morgan fingerprint density at radius 2 is 2.04 bits per heavy atom. The van der Waals surface area contributed by atoms with Crippen LogP contribution in [0, 0.1) is 11.3 Å². The molecular formula is C21H22N4O3. The van der Waals surface area contributed by atoms with Gasteiger partial charge in [-0.2, -0.15) is 5.26 Å². The Morgan fingerprint density at radius 1 is 1.25 bits per heavy atom. The van der Waals surface area contributed by atoms with Crippen molar-refractivity contribution in [2.75, 3.05) is 0 Å². The molecule has 1 aromatic heterocycles. The molecule has 1 aliphatic heterocycles. The Labute approximate surface area is 162 Å². The van der Waals surface area contributed by atoms with Gasteiger partial charge >= 0.3 is 5.69 Å². The second kappa shape index (κ2) is 7.12. The lowest BCUT2D eigenvalue weighted by Crippen LogP contribution is -2.47. The summed E-state index contributed by atoms with van der Waals surface area (Å²) in [6.45, 7) is 2.00. The molecule has 2 heterocycles. The molecule has 28 heavy (non-hydrogen) atoms. The first-order valence-corrected chi connectivity index (χ1v) is 9.69. The van der Waals surface area contributed by atoms with E-state index in [1.165, 1.54) is 17.1 Å². The SMILES string of the molecule is CC(C(=O)NC1CCCc2ccccc21)n1c(=O)c(C#N)c2n(c1=O)CCC2. The first kappa shape index (κ1) is 18.2. The van der Waals surface area contributed by atoms with Gasteiger partial charge in [-0.15, -0.1) is 0 Å². The van der Waals surface area contributed by atoms with Gasteiger partial charge in [0.25, 0.3) is 5.56 Å². The third kappa shape index (κ3) is 2.85. The molecule has 1 amide bonds. The van der Waals surface area contributed by atoms with Crippen LogP contribution in [0.15, 0.2) is 33.9 Å². The van der Waals surface area contributed by atoms with Gasteiger partial charge in [0.2, 0.25) is 5.91 Å². The number of hydrogen-bond donors (Lipinski definition) is 1. The van der Waals surface area contributed by atoms with E-state index in [-0.39, 0.29) is 17.5 Å². The van der Waals surface area contributed by atoms with Crippen LogP contribution in [0.5, 0.6) is 0 Å². The summed E-state index contributed by atoms with van der Waals surface area (Å²) in [6, 6.07) is 8.81. The van der Waals surface area contributed by atoms with Crippen molar-refractivity contribution in [2.45, 2.75) is 57.7 Å². The van der Waals surface area contributed by atoms with Crippen molar-refractivity contribution in [2.24, 2.45) is 0 Å². The van der Waals surface area contributed by atoms with Crippen molar-refractivity contribution in [3.05, 3.63) is 67.5 Å². The number of hydrogen-bond acceptors (Lipinski definition) is 4. The Bertz CT molecular complexity index is 1110. The summed E-state index contributed by atoms with van der Waals surface area (Å²) in [5.41, 5.74) is 1.58. The molecule has 1 N–H and O–H groups in total. The number of fused-ring (bicyclic) bond motifs is 2. The highest BCUT2D eigenvalue weighted by molar-refractivity contribution is 5.80. The lowest BCUT2D eigenvalue weighted by molar-refractivity contribution is -0.124. The number of rotatable bonds is 3. The third-order valence-electron chi connectivity index (χ3n) is 5.84. The average Bonchev–Trinajstić information content (AvgIpc) is 3.18. The van der Waals surface area contributed by atoms with E-state index in [0.717, 1.165) is 29.4 Å². The van der Waals surface area contributed by atoms with Gasteiger partial charge in [-0.05, 0) is 50.2 Å². The number of aryl methyl sites for hydroxylation is 1. The second-order valence-electron chi connectivity index (χ2n) is 7.47. The summed E-state index contributed by atoms with van der Waals surface area (Å²) < 4.78 is 2.39. The van der Waals surface area contributed by atoms with Crippen molar-refractivity contribution in [3.63, 3.8) is 0 Å². The summed E-state index contributed by atoms with van der Waals surface area (Å²) in [5.74, 6) is -0.386. The zero-order chi connectivity index (χ0) is 19.8. The van der Waals surface area contributed by atoms with Crippen molar-refractivity contribution >= 4 is 5.91 Å². The molecule has 0 bridgehead atoms. The summed E-state index contributed by atoms with van der Waals surface area (Å²) in [5, 5.41) is 12.4. The zero-order valence-corrected chi connectivity index (χ0v) is 15.8. The lowest BCUT2D eigenvalue weighted by atomic mass is 9.87. The molecule has 144 valence electrons. The molecule has 0 fully saturated rings. The van der Waals surface area contributed by atoms with Gasteiger partial charge < -0.3 is 5.32 Å². The minimum Gasteiger partial charge on any atom is -0.347 e. The largest absolute Gasteiger partial charge is 0.347 e. The number of carbonyl (C=O) groups is 1. The number of aromatic nitrogens is 2. The highest BCUT2D eigenvalue weighted by atomic mass is 16.2. The van der Waals surface area contributed by atoms with Gasteiger partial charge in [0.05, 0.1) is 6.04 Å². The molecule has 2 atom stereocenters. The quantitative estimate of drug-likeness (QED) is 0.877. The molecule has 1 aromatic carbocycles. The predicted molar refractivity (Wildman–Crippen MR) is 103 cm³/mol. The normalized spacial score (nSPS) is 18.6. The summed E-state index contributed by atoms with van der Waals surface area (Å²) in [7, 11) is 0. The van der Waals surface area contributed by atoms with Crippen LogP contribution >= 0.6 is 0 Å². The topological polar surface area (TPSA) is 96.9 Å². The number of nitrogens with zero attached hydrogens (tertiary/aromatic N) is 3. The molecular weight excluding hydrogens is 356 g/mol. The highest BCUT2D eigenvalue weighted by Gasteiger charge is 2.29. The van der Waals surface area contributed by atoms with Crippen LogP contribution in [0.1, 0.15) is 60.7 Å². The van der Waals surface area contributed by atoms with E-state index in [2.05, 4.69) is 11.4 Å². The van der Waals surface area contributed by atoms with Crippen molar-refractivity contribution in [1.82, 2.24) is 14.5 Å². The number of nitrogens with one attached hydrogen (secondary N) is 1. The Hall–Kier alpha value is -3.14. The number of benzene rings is 1. The first-order chi connectivity index (χ1) is 13.5. The summed E-state index contributed by atoms with van der Waals surface area (Å²) >= 11 is 0. The van der Waals surface area contributed by atoms with Crippen LogP contribution < -0.4 is 16.6 Å². The first-order valence-electron chi connectivity index (χ1n) is 9.69. The molecule has 4 rings (SSSR count). The smallest absolute Gasteiger partial charge is 0.331 e. The van der Waals surface area contributed by atoms with Crippen LogP contribution in [0.2, 0.25) is 0 Å². The number of amides is 1. The van der Waals surface area contributed by atoms with Crippen LogP contribution in [0.25, 0.3) is 0 Å². The van der Waals surface area contributed by atoms with E-state index in [0.29, 0.717) is 25.1 Å². The van der Waals surface area contributed by atoms with Crippen molar-refractivity contribution in [3.8, 4) is 6.07 Å². The minimum absolute atomic E-state index is 0.0280. The lowest BCUT2D eigenvalue weighted by Gasteiger charge is -2.27. The molecule has 0 saturated heterocycles. The van der Waals surface area contributed by atoms with Crippen LogP contribution in [0.3, 0.4) is 0 Å². The van der Waals surface area contributed by atoms with Crippen LogP contribution in [-0.4, -0.2) is 15.0 Å². The molecule has 7 nitrogen and oxygen atoms in total. The van der Waals surface area contributed by atoms with Gasteiger partial charge in [0, 0.05) is 12.2 Å². The Balaban J connectivity index is 1.67. The molecule has 2 aromatic rings. The van der Waals surface area contributed by atoms with E-state index in [4.69, 9.17) is 0 Å². The molecule has 2 aliphatic rings. The van der Waals surface area contributed by atoms with Gasteiger partial charge in [-0.1, -0.05) is 24.3 Å². The van der Waals surface area contributed by atoms with E-state index < -0.39 is 17.3 Å². The molecule has 0 radical (unpaired) electrons. The van der Waals surface area contributed by atoms with E-state index in [1.54, 1.807) is 0 Å². The molecule has 1 aliphatic carbocycles. The van der Waals surface area contributed by atoms with E-state index in [1.807, 2.05) is 24.3 Å². The van der Waals surface area contributed by atoms with Gasteiger partial charge in [-0.3, -0.25) is 14.2 Å². The number of nitriles is 1. The maximum absolute atomic E-state index is 12.9. The summed E-state index contributed by atoms with van der Waals surface area (Å²) in [6.07, 6.45) is 4.02. The molecule has 2 unspecified atom stereocenters. The van der Waals surface area contributed by atoms with Crippen molar-refractivity contribution < 1.29 is 4.79 Å². The Kier molecular flexibility index (Phi) is 4.63. The van der Waals surface area contributed by atoms with E-state index in [9.17, 15) is 19.6 Å². The minimum atomic E-state index is -0.986. The van der Waals surface area contributed by atoms with E-state index >= 15 is 0 Å². The fourth-order valence-corrected chi connectivity index (χ4v) is 4.37. The van der Waals surface area contributed by atoms with Crippen molar-refractivity contribution in [1.29, 1.82) is 5.26 Å². The molecule has 7 heteroatoms. The van der Waals surface area contributed by atoms with Gasteiger partial charge in [0.15, 0.2) is 0 Å². The highest BCUT2D eigenvalue weighted by Crippen LogP contribution is 2.29. The summed E-state index contributed by atoms with van der Waals surface area (Å²) in [4.78, 5) is 38.5. The predicted octanol–water partition coefficient (Wildman–Crippen LogP) is 1.58. The Morgan fingerprint density at radius 3 is 2.82 bits per heavy atom. The molecule has 0 saturated carbocycles. The second-order valence-corrected chi connectivity index (χ2v) is 7.47. The van der Waals surface area contributed by atoms with Crippen LogP contribution in [-0.2, 0) is 24.2 Å². The molecule has 0 spiro atoms. The monoisotopic (exact) mass is 378 g/mol. The van der Waals surface area contributed by atoms with Gasteiger partial charge in [-0.25, -0.2) is 9.36 Å². The fourth-order valence-electron chi connectivity index (χ4n) is 4.37. The average molecular weight is 378 g/mol.